The van der Waals surface area contributed by atoms with Crippen LogP contribution in [0.2, 0.25) is 0 Å². The van der Waals surface area contributed by atoms with E-state index in [1.807, 2.05) is 12.3 Å². The van der Waals surface area contributed by atoms with Crippen LogP contribution in [-0.2, 0) is 0 Å². The second kappa shape index (κ2) is 6.61. The van der Waals surface area contributed by atoms with E-state index in [4.69, 9.17) is 5.73 Å². The van der Waals surface area contributed by atoms with Crippen molar-refractivity contribution in [3.63, 3.8) is 0 Å². The van der Waals surface area contributed by atoms with Crippen molar-refractivity contribution in [1.29, 1.82) is 0 Å². The van der Waals surface area contributed by atoms with Crippen molar-refractivity contribution < 1.29 is 0 Å². The van der Waals surface area contributed by atoms with E-state index in [-0.39, 0.29) is 5.54 Å². The van der Waals surface area contributed by atoms with Crippen LogP contribution >= 0.6 is 0 Å². The second-order valence-electron chi connectivity index (χ2n) is 7.28. The summed E-state index contributed by atoms with van der Waals surface area (Å²) < 4.78 is 0. The lowest BCUT2D eigenvalue weighted by Gasteiger charge is -2.33. The lowest BCUT2D eigenvalue weighted by atomic mass is 9.99. The molecule has 4 rings (SSSR count). The maximum Gasteiger partial charge on any atom is 0.143 e. The third kappa shape index (κ3) is 3.01. The smallest absolute Gasteiger partial charge is 0.143 e. The number of para-hydroxylation sites is 1. The first-order valence-electron chi connectivity index (χ1n) is 9.22. The van der Waals surface area contributed by atoms with Crippen LogP contribution in [0.3, 0.4) is 0 Å². The number of H-pyrrole nitrogens is 1. The van der Waals surface area contributed by atoms with Crippen molar-refractivity contribution in [2.45, 2.75) is 25.8 Å². The molecular weight excluding hydrogens is 324 g/mol. The fourth-order valence-electron chi connectivity index (χ4n) is 3.95. The quantitative estimate of drug-likeness (QED) is 0.740. The number of aromatic nitrogens is 3. The number of aryl methyl sites for hydroxylation is 1. The van der Waals surface area contributed by atoms with Crippen LogP contribution < -0.4 is 15.5 Å². The van der Waals surface area contributed by atoms with Crippen molar-refractivity contribution in [3.8, 4) is 0 Å². The molecule has 0 aliphatic carbocycles. The minimum absolute atomic E-state index is 0.257. The number of nitrogens with one attached hydrogen (secondary N) is 1. The molecule has 1 saturated heterocycles. The van der Waals surface area contributed by atoms with Crippen molar-refractivity contribution in [3.05, 3.63) is 48.4 Å². The van der Waals surface area contributed by atoms with Gasteiger partial charge in [-0.15, -0.1) is 0 Å². The second-order valence-corrected chi connectivity index (χ2v) is 7.28. The lowest BCUT2D eigenvalue weighted by molar-refractivity contribution is 0.466. The average Bonchev–Trinajstić information content (AvgIpc) is 3.24. The van der Waals surface area contributed by atoms with E-state index >= 15 is 0 Å². The summed E-state index contributed by atoms with van der Waals surface area (Å²) in [5, 5.41) is 1.10. The molecule has 3 N–H and O–H groups in total. The molecule has 136 valence electrons. The van der Waals surface area contributed by atoms with Crippen LogP contribution in [0.5, 0.6) is 0 Å². The van der Waals surface area contributed by atoms with E-state index in [9.17, 15) is 0 Å². The summed E-state index contributed by atoms with van der Waals surface area (Å²) >= 11 is 0. The highest BCUT2D eigenvalue weighted by Crippen LogP contribution is 2.31. The van der Waals surface area contributed by atoms with Crippen molar-refractivity contribution in [2.75, 3.05) is 36.0 Å². The SMILES string of the molecule is CCN(CC1(N)CCN(c2ncnc3[nH]cc(C)c23)C1)c1ccccc1. The maximum atomic E-state index is 6.82. The summed E-state index contributed by atoms with van der Waals surface area (Å²) in [5.41, 5.74) is 9.85. The highest BCUT2D eigenvalue weighted by Gasteiger charge is 2.37. The number of rotatable bonds is 5. The van der Waals surface area contributed by atoms with Crippen molar-refractivity contribution in [2.24, 2.45) is 5.73 Å². The number of hydrogen-bond donors (Lipinski definition) is 2. The van der Waals surface area contributed by atoms with E-state index in [0.29, 0.717) is 0 Å². The van der Waals surface area contributed by atoms with Gasteiger partial charge in [0.05, 0.1) is 10.9 Å². The van der Waals surface area contributed by atoms with E-state index < -0.39 is 0 Å². The number of nitrogens with zero attached hydrogens (tertiary/aromatic N) is 4. The number of aromatic amines is 1. The van der Waals surface area contributed by atoms with Gasteiger partial charge < -0.3 is 20.5 Å². The first-order chi connectivity index (χ1) is 12.6. The predicted octanol–water partition coefficient (Wildman–Crippen LogP) is 2.70. The molecule has 2 aromatic heterocycles. The van der Waals surface area contributed by atoms with Gasteiger partial charge in [0.1, 0.15) is 17.8 Å². The molecule has 1 aliphatic rings. The minimum atomic E-state index is -0.257. The fourth-order valence-corrected chi connectivity index (χ4v) is 3.95. The van der Waals surface area contributed by atoms with Crippen LogP contribution in [0.4, 0.5) is 11.5 Å². The fraction of sp³-hybridized carbons (Fsp3) is 0.400. The van der Waals surface area contributed by atoms with Gasteiger partial charge in [0.15, 0.2) is 0 Å². The van der Waals surface area contributed by atoms with Gasteiger partial charge in [-0.3, -0.25) is 0 Å². The molecule has 1 fully saturated rings. The molecule has 3 aromatic rings. The Hall–Kier alpha value is -2.60. The normalized spacial score (nSPS) is 20.0. The zero-order valence-electron chi connectivity index (χ0n) is 15.4. The van der Waals surface area contributed by atoms with E-state index in [0.717, 1.165) is 49.5 Å². The molecule has 1 aliphatic heterocycles. The molecule has 3 heterocycles. The monoisotopic (exact) mass is 350 g/mol. The summed E-state index contributed by atoms with van der Waals surface area (Å²) in [4.78, 5) is 16.8. The van der Waals surface area contributed by atoms with Crippen LogP contribution in [-0.4, -0.2) is 46.7 Å². The number of anilines is 2. The molecule has 1 atom stereocenters. The Morgan fingerprint density at radius 1 is 1.27 bits per heavy atom. The molecule has 0 saturated carbocycles. The highest BCUT2D eigenvalue weighted by atomic mass is 15.3. The topological polar surface area (TPSA) is 74.1 Å². The number of hydrogen-bond acceptors (Lipinski definition) is 5. The third-order valence-corrected chi connectivity index (χ3v) is 5.34. The van der Waals surface area contributed by atoms with Gasteiger partial charge in [-0.2, -0.15) is 0 Å². The molecule has 1 aromatic carbocycles. The maximum absolute atomic E-state index is 6.82. The molecule has 6 nitrogen and oxygen atoms in total. The van der Waals surface area contributed by atoms with Crippen molar-refractivity contribution in [1.82, 2.24) is 15.0 Å². The summed E-state index contributed by atoms with van der Waals surface area (Å²) in [6.45, 7) is 7.76. The first kappa shape index (κ1) is 16.8. The Balaban J connectivity index is 1.56. The number of nitrogens with two attached hydrogens (primary N) is 1. The largest absolute Gasteiger partial charge is 0.370 e. The molecule has 1 unspecified atom stereocenters. The Morgan fingerprint density at radius 3 is 2.85 bits per heavy atom. The zero-order chi connectivity index (χ0) is 18.1. The molecular formula is C20H26N6. The summed E-state index contributed by atoms with van der Waals surface area (Å²) in [6.07, 6.45) is 4.57. The number of benzene rings is 1. The Bertz CT molecular complexity index is 890. The average molecular weight is 350 g/mol. The van der Waals surface area contributed by atoms with Gasteiger partial charge in [0.2, 0.25) is 0 Å². The van der Waals surface area contributed by atoms with Gasteiger partial charge in [0.25, 0.3) is 0 Å². The van der Waals surface area contributed by atoms with E-state index in [1.165, 1.54) is 11.3 Å². The summed E-state index contributed by atoms with van der Waals surface area (Å²) in [6, 6.07) is 10.5. The number of fused-ring (bicyclic) bond motifs is 1. The van der Waals surface area contributed by atoms with E-state index in [2.05, 4.69) is 62.9 Å². The molecule has 0 radical (unpaired) electrons. The van der Waals surface area contributed by atoms with Crippen LogP contribution in [0.1, 0.15) is 18.9 Å². The van der Waals surface area contributed by atoms with Gasteiger partial charge in [0, 0.05) is 38.1 Å². The van der Waals surface area contributed by atoms with Crippen LogP contribution in [0.15, 0.2) is 42.9 Å². The minimum Gasteiger partial charge on any atom is -0.370 e. The Labute approximate surface area is 154 Å². The lowest BCUT2D eigenvalue weighted by Crippen LogP contribution is -2.52. The zero-order valence-corrected chi connectivity index (χ0v) is 15.4. The predicted molar refractivity (Wildman–Crippen MR) is 107 cm³/mol. The van der Waals surface area contributed by atoms with Crippen LogP contribution in [0.25, 0.3) is 11.0 Å². The van der Waals surface area contributed by atoms with Crippen molar-refractivity contribution >= 4 is 22.5 Å². The molecule has 0 amide bonds. The number of likely N-dealkylation sites (N-methyl/N-ethyl adjacent to an activating group) is 1. The highest BCUT2D eigenvalue weighted by molar-refractivity contribution is 5.90. The van der Waals surface area contributed by atoms with Crippen LogP contribution in [0, 0.1) is 6.92 Å². The summed E-state index contributed by atoms with van der Waals surface area (Å²) in [5.74, 6) is 0.990. The standard InChI is InChI=1S/C20H26N6/c1-3-25(16-7-5-4-6-8-16)12-20(21)9-10-26(13-20)19-17-15(2)11-22-18(17)23-14-24-19/h4-8,11,14H,3,9-10,12-13,21H2,1-2H3,(H,22,23,24). The van der Waals surface area contributed by atoms with E-state index in [1.54, 1.807) is 6.33 Å². The van der Waals surface area contributed by atoms with Gasteiger partial charge in [-0.25, -0.2) is 9.97 Å². The Morgan fingerprint density at radius 2 is 2.08 bits per heavy atom. The van der Waals surface area contributed by atoms with Gasteiger partial charge in [-0.05, 0) is 38.0 Å². The molecule has 6 heteroatoms. The molecule has 26 heavy (non-hydrogen) atoms. The summed E-state index contributed by atoms with van der Waals surface area (Å²) in [7, 11) is 0. The molecule has 0 spiro atoms. The van der Waals surface area contributed by atoms with Gasteiger partial charge in [-0.1, -0.05) is 18.2 Å². The first-order valence-corrected chi connectivity index (χ1v) is 9.22. The van der Waals surface area contributed by atoms with Gasteiger partial charge >= 0.3 is 0 Å². The molecule has 0 bridgehead atoms. The Kier molecular flexibility index (Phi) is 4.28. The third-order valence-electron chi connectivity index (χ3n) is 5.34.